The van der Waals surface area contributed by atoms with Crippen molar-refractivity contribution in [3.63, 3.8) is 0 Å². The summed E-state index contributed by atoms with van der Waals surface area (Å²) in [6.45, 7) is 7.35. The summed E-state index contributed by atoms with van der Waals surface area (Å²) in [5, 5.41) is 4.91. The Hall–Kier alpha value is -3.27. The Balaban J connectivity index is 1.66. The van der Waals surface area contributed by atoms with Gasteiger partial charge in [0.15, 0.2) is 0 Å². The molecule has 1 aliphatic heterocycles. The molecule has 0 fully saturated rings. The maximum Gasteiger partial charge on any atom is 0.252 e. The van der Waals surface area contributed by atoms with Gasteiger partial charge in [-0.15, -0.1) is 0 Å². The van der Waals surface area contributed by atoms with E-state index >= 15 is 0 Å². The van der Waals surface area contributed by atoms with Crippen LogP contribution in [-0.2, 0) is 34.0 Å². The lowest BCUT2D eigenvalue weighted by molar-refractivity contribution is -0.133. The highest BCUT2D eigenvalue weighted by molar-refractivity contribution is 6.31. The molecule has 0 atom stereocenters. The molecule has 2 amide bonds. The zero-order valence-corrected chi connectivity index (χ0v) is 23.0. The zero-order valence-electron chi connectivity index (χ0n) is 22.3. The van der Waals surface area contributed by atoms with Crippen LogP contribution in [0.15, 0.2) is 48.5 Å². The van der Waals surface area contributed by atoms with Gasteiger partial charge < -0.3 is 14.5 Å². The maximum atomic E-state index is 13.6. The first-order chi connectivity index (χ1) is 18.3. The fourth-order valence-corrected chi connectivity index (χ4v) is 4.93. The quantitative estimate of drug-likeness (QED) is 0.478. The van der Waals surface area contributed by atoms with Crippen LogP contribution in [0.5, 0.6) is 0 Å². The van der Waals surface area contributed by atoms with Gasteiger partial charge >= 0.3 is 0 Å². The zero-order chi connectivity index (χ0) is 27.1. The molecule has 0 saturated carbocycles. The minimum absolute atomic E-state index is 0.0345. The van der Waals surface area contributed by atoms with Gasteiger partial charge in [0.05, 0.1) is 5.69 Å². The highest BCUT2D eigenvalue weighted by atomic mass is 35.5. The van der Waals surface area contributed by atoms with Crippen LogP contribution in [0.2, 0.25) is 5.02 Å². The number of hydrogen-bond donors (Lipinski definition) is 0. The lowest BCUT2D eigenvalue weighted by atomic mass is 10.1. The molecule has 0 unspecified atom stereocenters. The van der Waals surface area contributed by atoms with Crippen LogP contribution in [0.1, 0.15) is 29.2 Å². The predicted octanol–water partition coefficient (Wildman–Crippen LogP) is 3.46. The highest BCUT2D eigenvalue weighted by Crippen LogP contribution is 2.28. The van der Waals surface area contributed by atoms with E-state index in [2.05, 4.69) is 27.1 Å². The van der Waals surface area contributed by atoms with Crippen LogP contribution in [0.4, 0.5) is 5.69 Å². The summed E-state index contributed by atoms with van der Waals surface area (Å²) < 4.78 is 6.82. The third kappa shape index (κ3) is 7.18. The standard InChI is InChI=1S/C28H35ClN6O3/c1-21-30-22(2)35(31-21)19-27(36)33-15-14-32(17-23-8-5-4-6-9-23)12-7-13-34(28(37)20-38-3)26-16-25(29)11-10-24(26)18-33/h4-6,8-11,16H,7,12-15,17-20H2,1-3H3. The third-order valence-electron chi connectivity index (χ3n) is 6.66. The molecule has 10 heteroatoms. The van der Waals surface area contributed by atoms with Crippen molar-refractivity contribution >= 4 is 29.1 Å². The number of rotatable bonds is 6. The fraction of sp³-hybridized carbons (Fsp3) is 0.429. The molecule has 202 valence electrons. The number of nitrogens with zero attached hydrogens (tertiary/aromatic N) is 6. The van der Waals surface area contributed by atoms with Gasteiger partial charge in [0.2, 0.25) is 5.91 Å². The molecule has 2 aromatic carbocycles. The van der Waals surface area contributed by atoms with E-state index in [9.17, 15) is 9.59 Å². The number of anilines is 1. The van der Waals surface area contributed by atoms with Gasteiger partial charge in [0.1, 0.15) is 24.8 Å². The van der Waals surface area contributed by atoms with Crippen LogP contribution < -0.4 is 4.90 Å². The summed E-state index contributed by atoms with van der Waals surface area (Å²) in [5.41, 5.74) is 2.77. The van der Waals surface area contributed by atoms with Crippen molar-refractivity contribution in [1.29, 1.82) is 0 Å². The van der Waals surface area contributed by atoms with Crippen molar-refractivity contribution in [3.05, 3.63) is 76.3 Å². The van der Waals surface area contributed by atoms with E-state index in [1.165, 1.54) is 12.7 Å². The molecule has 0 aliphatic carbocycles. The van der Waals surface area contributed by atoms with Gasteiger partial charge in [-0.25, -0.2) is 9.67 Å². The van der Waals surface area contributed by atoms with Gasteiger partial charge in [0.25, 0.3) is 5.91 Å². The van der Waals surface area contributed by atoms with E-state index in [-0.39, 0.29) is 25.0 Å². The second-order valence-electron chi connectivity index (χ2n) is 9.55. The van der Waals surface area contributed by atoms with Crippen molar-refractivity contribution in [2.75, 3.05) is 44.8 Å². The monoisotopic (exact) mass is 538 g/mol. The molecule has 1 aromatic heterocycles. The second-order valence-corrected chi connectivity index (χ2v) is 9.98. The van der Waals surface area contributed by atoms with Crippen LogP contribution in [0, 0.1) is 13.8 Å². The predicted molar refractivity (Wildman–Crippen MR) is 147 cm³/mol. The molecule has 0 bridgehead atoms. The Kier molecular flexibility index (Phi) is 9.49. The molecule has 0 radical (unpaired) electrons. The Bertz CT molecular complexity index is 1250. The first kappa shape index (κ1) is 27.8. The van der Waals surface area contributed by atoms with E-state index in [1.54, 1.807) is 21.7 Å². The fourth-order valence-electron chi connectivity index (χ4n) is 4.77. The van der Waals surface area contributed by atoms with Gasteiger partial charge in [0, 0.05) is 51.4 Å². The number of benzene rings is 2. The molecule has 3 aromatic rings. The van der Waals surface area contributed by atoms with Gasteiger partial charge in [-0.2, -0.15) is 5.10 Å². The Morgan fingerprint density at radius 3 is 2.50 bits per heavy atom. The van der Waals surface area contributed by atoms with Gasteiger partial charge in [-0.1, -0.05) is 48.0 Å². The largest absolute Gasteiger partial charge is 0.375 e. The number of hydrogen-bond acceptors (Lipinski definition) is 6. The average Bonchev–Trinajstić information content (AvgIpc) is 3.19. The lowest BCUT2D eigenvalue weighted by Gasteiger charge is -2.28. The minimum Gasteiger partial charge on any atom is -0.375 e. The van der Waals surface area contributed by atoms with E-state index in [0.29, 0.717) is 48.5 Å². The smallest absolute Gasteiger partial charge is 0.252 e. The summed E-state index contributed by atoms with van der Waals surface area (Å²) >= 11 is 6.39. The van der Waals surface area contributed by atoms with E-state index < -0.39 is 0 Å². The summed E-state index contributed by atoms with van der Waals surface area (Å²) in [7, 11) is 1.51. The number of aromatic nitrogens is 3. The number of ether oxygens (including phenoxy) is 1. The Morgan fingerprint density at radius 1 is 1.00 bits per heavy atom. The number of aryl methyl sites for hydroxylation is 2. The summed E-state index contributed by atoms with van der Waals surface area (Å²) in [6, 6.07) is 15.8. The number of halogens is 1. The van der Waals surface area contributed by atoms with Crippen LogP contribution >= 0.6 is 11.6 Å². The lowest BCUT2D eigenvalue weighted by Crippen LogP contribution is -2.40. The van der Waals surface area contributed by atoms with Crippen LogP contribution in [0.25, 0.3) is 0 Å². The number of amides is 2. The van der Waals surface area contributed by atoms with E-state index in [1.807, 2.05) is 43.0 Å². The number of carbonyl (C=O) groups excluding carboxylic acids is 2. The van der Waals surface area contributed by atoms with Crippen molar-refractivity contribution in [2.24, 2.45) is 0 Å². The number of methoxy groups -OCH3 is 1. The van der Waals surface area contributed by atoms with Crippen LogP contribution in [0.3, 0.4) is 0 Å². The van der Waals surface area contributed by atoms with Crippen molar-refractivity contribution in [1.82, 2.24) is 24.6 Å². The molecular weight excluding hydrogens is 504 g/mol. The topological polar surface area (TPSA) is 83.8 Å². The maximum absolute atomic E-state index is 13.6. The minimum atomic E-state index is -0.142. The molecule has 9 nitrogen and oxygen atoms in total. The summed E-state index contributed by atoms with van der Waals surface area (Å²) in [6.07, 6.45) is 0.764. The van der Waals surface area contributed by atoms with E-state index in [4.69, 9.17) is 16.3 Å². The Morgan fingerprint density at radius 2 is 1.79 bits per heavy atom. The first-order valence-corrected chi connectivity index (χ1v) is 13.2. The number of fused-ring (bicyclic) bond motifs is 1. The van der Waals surface area contributed by atoms with E-state index in [0.717, 1.165) is 25.1 Å². The molecule has 38 heavy (non-hydrogen) atoms. The second kappa shape index (κ2) is 13.0. The van der Waals surface area contributed by atoms with Crippen molar-refractivity contribution < 1.29 is 14.3 Å². The van der Waals surface area contributed by atoms with Crippen molar-refractivity contribution in [2.45, 2.75) is 39.9 Å². The molecule has 2 heterocycles. The molecule has 4 rings (SSSR count). The molecule has 1 aliphatic rings. The molecule has 0 N–H and O–H groups in total. The normalized spacial score (nSPS) is 15.2. The SMILES string of the molecule is COCC(=O)N1CCCN(Cc2ccccc2)CCN(C(=O)Cn2nc(C)nc2C)Cc2ccc(Cl)cc21. The Labute approximate surface area is 228 Å². The molecule has 0 saturated heterocycles. The summed E-state index contributed by atoms with van der Waals surface area (Å²) in [4.78, 5) is 37.0. The van der Waals surface area contributed by atoms with Gasteiger partial charge in [-0.05, 0) is 43.5 Å². The first-order valence-electron chi connectivity index (χ1n) is 12.8. The molecular formula is C28H35ClN6O3. The summed E-state index contributed by atoms with van der Waals surface area (Å²) in [5.74, 6) is 1.13. The van der Waals surface area contributed by atoms with Gasteiger partial charge in [-0.3, -0.25) is 14.5 Å². The molecule has 0 spiro atoms. The van der Waals surface area contributed by atoms with Crippen LogP contribution in [-0.4, -0.2) is 76.3 Å². The number of carbonyl (C=O) groups is 2. The highest BCUT2D eigenvalue weighted by Gasteiger charge is 2.25. The average molecular weight is 539 g/mol. The third-order valence-corrected chi connectivity index (χ3v) is 6.89. The van der Waals surface area contributed by atoms with Crippen molar-refractivity contribution in [3.8, 4) is 0 Å².